The lowest BCUT2D eigenvalue weighted by Crippen LogP contribution is -2.15. The highest BCUT2D eigenvalue weighted by Gasteiger charge is 2.14. The van der Waals surface area contributed by atoms with Crippen molar-refractivity contribution in [1.29, 1.82) is 0 Å². The smallest absolute Gasteiger partial charge is 0.366 e. The quantitative estimate of drug-likeness (QED) is 0.394. The number of anilines is 1. The minimum Gasteiger partial charge on any atom is -0.461 e. The van der Waals surface area contributed by atoms with E-state index in [0.717, 1.165) is 0 Å². The average molecular weight is 275 g/mol. The topological polar surface area (TPSA) is 68.3 Å². The second kappa shape index (κ2) is 6.25. The molecule has 1 N–H and O–H groups in total. The molecule has 0 spiro atoms. The normalized spacial score (nSPS) is 9.35. The maximum Gasteiger partial charge on any atom is 0.366 e. The number of carbonyl (C=O) groups is 1. The van der Waals surface area contributed by atoms with Crippen molar-refractivity contribution in [2.75, 3.05) is 11.9 Å². The Kier molecular flexibility index (Phi) is 4.97. The Morgan fingerprint density at radius 2 is 2.29 bits per heavy atom. The molecule has 0 radical (unpaired) electrons. The van der Waals surface area contributed by atoms with E-state index in [9.17, 15) is 9.59 Å². The van der Waals surface area contributed by atoms with E-state index in [0.29, 0.717) is 0 Å². The number of carbonyl (C=O) groups excluding carboxylic acids is 2. The van der Waals surface area contributed by atoms with Crippen LogP contribution in [0.1, 0.15) is 6.92 Å². The highest BCUT2D eigenvalue weighted by atomic mass is 35.5. The third-order valence-corrected chi connectivity index (χ3v) is 2.18. The van der Waals surface area contributed by atoms with Crippen LogP contribution in [-0.2, 0) is 14.3 Å². The van der Waals surface area contributed by atoms with Crippen LogP contribution in [0.5, 0.6) is 0 Å². The summed E-state index contributed by atoms with van der Waals surface area (Å²) in [7, 11) is 0. The van der Waals surface area contributed by atoms with Crippen molar-refractivity contribution in [3.63, 3.8) is 0 Å². The van der Waals surface area contributed by atoms with Crippen LogP contribution in [0, 0.1) is 0 Å². The van der Waals surface area contributed by atoms with Gasteiger partial charge in [0.15, 0.2) is 5.94 Å². The van der Waals surface area contributed by atoms with E-state index >= 15 is 0 Å². The number of halogens is 2. The number of rotatable bonds is 4. The first kappa shape index (κ1) is 13.5. The van der Waals surface area contributed by atoms with Crippen LogP contribution < -0.4 is 5.32 Å². The molecule has 90 valence electrons. The Hall–Kier alpha value is -1.55. The molecule has 0 bridgehead atoms. The fraction of sp³-hybridized carbons (Fsp3) is 0.200. The molecule has 17 heavy (non-hydrogen) atoms. The minimum atomic E-state index is -0.812. The molecule has 1 heterocycles. The summed E-state index contributed by atoms with van der Waals surface area (Å²) >= 11 is 11.4. The second-order valence-electron chi connectivity index (χ2n) is 2.81. The molecule has 0 aliphatic rings. The zero-order valence-corrected chi connectivity index (χ0v) is 10.3. The van der Waals surface area contributed by atoms with Crippen molar-refractivity contribution in [1.82, 2.24) is 4.98 Å². The number of ether oxygens (including phenoxy) is 1. The van der Waals surface area contributed by atoms with Crippen molar-refractivity contribution >= 4 is 40.8 Å². The van der Waals surface area contributed by atoms with Gasteiger partial charge in [-0.2, -0.15) is 0 Å². The van der Waals surface area contributed by atoms with E-state index in [1.54, 1.807) is 6.92 Å². The maximum atomic E-state index is 11.3. The first-order chi connectivity index (χ1) is 8.08. The molecule has 0 aliphatic carbocycles. The fourth-order valence-electron chi connectivity index (χ4n) is 0.956. The van der Waals surface area contributed by atoms with Gasteiger partial charge in [0.05, 0.1) is 23.5 Å². The molecule has 0 atom stereocenters. The highest BCUT2D eigenvalue weighted by Crippen LogP contribution is 2.24. The van der Waals surface area contributed by atoms with Gasteiger partial charge in [0.1, 0.15) is 5.15 Å². The predicted molar refractivity (Wildman–Crippen MR) is 63.7 cm³/mol. The monoisotopic (exact) mass is 274 g/mol. The van der Waals surface area contributed by atoms with Crippen molar-refractivity contribution in [2.45, 2.75) is 6.92 Å². The molecule has 1 aromatic heterocycles. The van der Waals surface area contributed by atoms with Crippen LogP contribution >= 0.6 is 23.2 Å². The van der Waals surface area contributed by atoms with Gasteiger partial charge in [-0.25, -0.2) is 14.6 Å². The number of nitrogens with zero attached hydrogens (tertiary/aromatic N) is 1. The lowest BCUT2D eigenvalue weighted by molar-refractivity contribution is -0.138. The van der Waals surface area contributed by atoms with E-state index in [2.05, 4.69) is 15.0 Å². The van der Waals surface area contributed by atoms with Crippen molar-refractivity contribution in [3.8, 4) is 0 Å². The summed E-state index contributed by atoms with van der Waals surface area (Å²) in [5, 5.41) is 2.90. The lowest BCUT2D eigenvalue weighted by Gasteiger charge is -2.07. The highest BCUT2D eigenvalue weighted by molar-refractivity contribution is 6.35. The summed E-state index contributed by atoms with van der Waals surface area (Å²) in [4.78, 5) is 25.6. The zero-order valence-electron chi connectivity index (χ0n) is 8.79. The summed E-state index contributed by atoms with van der Waals surface area (Å²) < 4.78 is 4.64. The summed E-state index contributed by atoms with van der Waals surface area (Å²) in [6, 6.07) is 1.37. The number of aromatic nitrogens is 1. The molecule has 0 saturated heterocycles. The molecule has 0 amide bonds. The van der Waals surface area contributed by atoms with Crippen LogP contribution in [0.3, 0.4) is 0 Å². The van der Waals surface area contributed by atoms with Crippen LogP contribution in [-0.4, -0.2) is 23.5 Å². The molecule has 0 aromatic carbocycles. The SMILES string of the molecule is CCOC(=O)C(=C=O)Nc1cnc(Cl)cc1Cl. The average Bonchev–Trinajstić information content (AvgIpc) is 2.28. The number of hydrogen-bond donors (Lipinski definition) is 1. The molecule has 1 rings (SSSR count). The van der Waals surface area contributed by atoms with Gasteiger partial charge < -0.3 is 10.1 Å². The number of nitrogens with one attached hydrogen (secondary N) is 1. The van der Waals surface area contributed by atoms with Gasteiger partial charge in [0, 0.05) is 0 Å². The lowest BCUT2D eigenvalue weighted by atomic mass is 10.4. The minimum absolute atomic E-state index is 0.151. The summed E-state index contributed by atoms with van der Waals surface area (Å²) in [6.07, 6.45) is 1.29. The van der Waals surface area contributed by atoms with Gasteiger partial charge in [-0.15, -0.1) is 0 Å². The summed E-state index contributed by atoms with van der Waals surface area (Å²) in [5.74, 6) is 0.627. The summed E-state index contributed by atoms with van der Waals surface area (Å²) in [5.41, 5.74) is -0.111. The molecule has 7 heteroatoms. The van der Waals surface area contributed by atoms with E-state index in [1.165, 1.54) is 18.2 Å². The Labute approximate surface area is 107 Å². The van der Waals surface area contributed by atoms with Crippen molar-refractivity contribution in [3.05, 3.63) is 28.1 Å². The molecule has 0 saturated carbocycles. The first-order valence-corrected chi connectivity index (χ1v) is 5.34. The van der Waals surface area contributed by atoms with Gasteiger partial charge in [0.25, 0.3) is 0 Å². The number of hydrogen-bond acceptors (Lipinski definition) is 5. The first-order valence-electron chi connectivity index (χ1n) is 4.58. The summed E-state index contributed by atoms with van der Waals surface area (Å²) in [6.45, 7) is 1.77. The van der Waals surface area contributed by atoms with Gasteiger partial charge in [-0.3, -0.25) is 0 Å². The third-order valence-electron chi connectivity index (χ3n) is 1.66. The number of esters is 1. The molecule has 0 aliphatic heterocycles. The van der Waals surface area contributed by atoms with Crippen LogP contribution in [0.15, 0.2) is 18.0 Å². The van der Waals surface area contributed by atoms with E-state index < -0.39 is 5.97 Å². The molecular formula is C10H8Cl2N2O3. The Morgan fingerprint density at radius 3 is 2.82 bits per heavy atom. The van der Waals surface area contributed by atoms with E-state index in [-0.39, 0.29) is 28.2 Å². The molecule has 1 aromatic rings. The molecule has 5 nitrogen and oxygen atoms in total. The predicted octanol–water partition coefficient (Wildman–Crippen LogP) is 2.08. The van der Waals surface area contributed by atoms with Gasteiger partial charge >= 0.3 is 5.97 Å². The standard InChI is InChI=1S/C10H8Cl2N2O3/c1-2-17-10(16)8(5-15)14-7-4-13-9(12)3-6(7)11/h3-4,14H,2H2,1H3. The van der Waals surface area contributed by atoms with Crippen LogP contribution in [0.2, 0.25) is 10.2 Å². The fourth-order valence-corrected chi connectivity index (χ4v) is 1.37. The molecule has 0 unspecified atom stereocenters. The Morgan fingerprint density at radius 1 is 1.59 bits per heavy atom. The largest absolute Gasteiger partial charge is 0.461 e. The Balaban J connectivity index is 2.89. The van der Waals surface area contributed by atoms with E-state index in [4.69, 9.17) is 23.2 Å². The molecular weight excluding hydrogens is 267 g/mol. The number of pyridine rings is 1. The van der Waals surface area contributed by atoms with Gasteiger partial charge in [-0.05, 0) is 13.0 Å². The van der Waals surface area contributed by atoms with Crippen LogP contribution in [0.4, 0.5) is 5.69 Å². The van der Waals surface area contributed by atoms with Crippen LogP contribution in [0.25, 0.3) is 0 Å². The van der Waals surface area contributed by atoms with Gasteiger partial charge in [-0.1, -0.05) is 23.2 Å². The van der Waals surface area contributed by atoms with Crippen molar-refractivity contribution < 1.29 is 14.3 Å². The second-order valence-corrected chi connectivity index (χ2v) is 3.60. The Bertz CT molecular complexity index is 484. The third kappa shape index (κ3) is 3.75. The van der Waals surface area contributed by atoms with Crippen molar-refractivity contribution in [2.24, 2.45) is 0 Å². The van der Waals surface area contributed by atoms with E-state index in [1.807, 2.05) is 0 Å². The van der Waals surface area contributed by atoms with Gasteiger partial charge in [0.2, 0.25) is 5.70 Å². The molecule has 0 fully saturated rings. The zero-order chi connectivity index (χ0) is 12.8. The maximum absolute atomic E-state index is 11.3.